The molecule has 1 heterocycles. The molecular weight excluding hydrogens is 378 g/mol. The molecule has 1 aromatic heterocycles. The predicted molar refractivity (Wildman–Crippen MR) is 82.7 cm³/mol. The molecule has 96 valence electrons. The minimum atomic E-state index is 0.529. The van der Waals surface area contributed by atoms with E-state index in [0.29, 0.717) is 6.61 Å². The molecule has 0 saturated heterocycles. The molecule has 2 aromatic rings. The Labute approximate surface area is 128 Å². The maximum absolute atomic E-state index is 5.91. The zero-order chi connectivity index (χ0) is 13.1. The van der Waals surface area contributed by atoms with Crippen molar-refractivity contribution in [2.45, 2.75) is 25.8 Å². The van der Waals surface area contributed by atoms with Crippen molar-refractivity contribution < 1.29 is 4.74 Å². The third-order valence-electron chi connectivity index (χ3n) is 2.47. The summed E-state index contributed by atoms with van der Waals surface area (Å²) in [4.78, 5) is 4.40. The van der Waals surface area contributed by atoms with Crippen LogP contribution in [-0.2, 0) is 11.9 Å². The summed E-state index contributed by atoms with van der Waals surface area (Å²) in [5.41, 5.74) is 3.33. The van der Waals surface area contributed by atoms with E-state index in [1.165, 1.54) is 0 Å². The van der Waals surface area contributed by atoms with Crippen molar-refractivity contribution in [3.05, 3.63) is 43.8 Å². The van der Waals surface area contributed by atoms with Crippen LogP contribution in [0.1, 0.15) is 21.8 Å². The summed E-state index contributed by atoms with van der Waals surface area (Å²) in [5.74, 6) is 0.947. The Hall–Kier alpha value is -0.390. The average molecular weight is 391 g/mol. The zero-order valence-electron chi connectivity index (χ0n) is 10.2. The fourth-order valence-electron chi connectivity index (χ4n) is 1.71. The Morgan fingerprint density at radius 3 is 2.72 bits per heavy atom. The zero-order valence-corrected chi connectivity index (χ0v) is 14.2. The number of hydrogen-bond donors (Lipinski definition) is 0. The van der Waals surface area contributed by atoms with Crippen molar-refractivity contribution in [2.24, 2.45) is 0 Å². The Bertz CT molecular complexity index is 554. The fourth-order valence-corrected chi connectivity index (χ4v) is 3.43. The lowest BCUT2D eigenvalue weighted by Crippen LogP contribution is -2.00. The van der Waals surface area contributed by atoms with Gasteiger partial charge >= 0.3 is 0 Å². The Morgan fingerprint density at radius 1 is 1.33 bits per heavy atom. The quantitative estimate of drug-likeness (QED) is 0.685. The summed E-state index contributed by atoms with van der Waals surface area (Å²) in [7, 11) is 0. The van der Waals surface area contributed by atoms with Gasteiger partial charge in [-0.25, -0.2) is 4.98 Å². The van der Waals surface area contributed by atoms with E-state index >= 15 is 0 Å². The molecule has 0 fully saturated rings. The first-order chi connectivity index (χ1) is 8.60. The molecule has 0 radical (unpaired) electrons. The third-order valence-corrected chi connectivity index (χ3v) is 4.47. The molecule has 0 aliphatic rings. The van der Waals surface area contributed by atoms with Gasteiger partial charge in [-0.1, -0.05) is 31.9 Å². The molecule has 0 amide bonds. The lowest BCUT2D eigenvalue weighted by Gasteiger charge is -2.12. The lowest BCUT2D eigenvalue weighted by molar-refractivity contribution is 0.301. The van der Waals surface area contributed by atoms with Crippen molar-refractivity contribution in [3.8, 4) is 5.75 Å². The first kappa shape index (κ1) is 14.0. The van der Waals surface area contributed by atoms with Crippen LogP contribution in [0.5, 0.6) is 5.75 Å². The van der Waals surface area contributed by atoms with Crippen molar-refractivity contribution in [3.63, 3.8) is 0 Å². The van der Waals surface area contributed by atoms with Gasteiger partial charge < -0.3 is 4.74 Å². The molecule has 0 atom stereocenters. The van der Waals surface area contributed by atoms with Gasteiger partial charge in [-0.15, -0.1) is 11.3 Å². The summed E-state index contributed by atoms with van der Waals surface area (Å²) in [6, 6.07) is 4.14. The highest BCUT2D eigenvalue weighted by Gasteiger charge is 2.09. The number of aryl methyl sites for hydroxylation is 2. The van der Waals surface area contributed by atoms with Gasteiger partial charge in [-0.2, -0.15) is 0 Å². The molecule has 0 unspecified atom stereocenters. The number of nitrogens with zero attached hydrogens (tertiary/aromatic N) is 1. The molecule has 2 rings (SSSR count). The number of alkyl halides is 1. The molecule has 0 spiro atoms. The number of benzene rings is 1. The van der Waals surface area contributed by atoms with E-state index in [1.807, 2.05) is 12.3 Å². The molecule has 0 aliphatic carbocycles. The smallest absolute Gasteiger partial charge is 0.140 e. The maximum atomic E-state index is 5.91. The SMILES string of the molecule is Cc1csc(COc2c(C)cc(Br)cc2CBr)n1. The van der Waals surface area contributed by atoms with Crippen LogP contribution < -0.4 is 4.74 Å². The maximum Gasteiger partial charge on any atom is 0.140 e. The number of thiazole rings is 1. The van der Waals surface area contributed by atoms with Crippen LogP contribution in [0.4, 0.5) is 0 Å². The van der Waals surface area contributed by atoms with Gasteiger partial charge in [0.15, 0.2) is 0 Å². The lowest BCUT2D eigenvalue weighted by atomic mass is 10.1. The van der Waals surface area contributed by atoms with E-state index in [0.717, 1.165) is 37.4 Å². The van der Waals surface area contributed by atoms with Crippen LogP contribution in [-0.4, -0.2) is 4.98 Å². The van der Waals surface area contributed by atoms with Gasteiger partial charge in [0.1, 0.15) is 17.4 Å². The van der Waals surface area contributed by atoms with E-state index in [-0.39, 0.29) is 0 Å². The van der Waals surface area contributed by atoms with Crippen LogP contribution >= 0.6 is 43.2 Å². The molecule has 0 aliphatic heterocycles. The summed E-state index contributed by atoms with van der Waals surface area (Å²) in [5, 5.41) is 3.83. The molecule has 0 saturated carbocycles. The molecule has 0 N–H and O–H groups in total. The average Bonchev–Trinajstić information content (AvgIpc) is 2.73. The normalized spacial score (nSPS) is 10.7. The molecule has 2 nitrogen and oxygen atoms in total. The Kier molecular flexibility index (Phi) is 4.81. The second kappa shape index (κ2) is 6.17. The minimum absolute atomic E-state index is 0.529. The summed E-state index contributed by atoms with van der Waals surface area (Å²) in [6.45, 7) is 4.58. The van der Waals surface area contributed by atoms with Crippen LogP contribution in [0, 0.1) is 13.8 Å². The van der Waals surface area contributed by atoms with Gasteiger partial charge in [-0.05, 0) is 31.5 Å². The summed E-state index contributed by atoms with van der Waals surface area (Å²) >= 11 is 8.63. The number of aromatic nitrogens is 1. The van der Waals surface area contributed by atoms with E-state index < -0.39 is 0 Å². The van der Waals surface area contributed by atoms with Crippen molar-refractivity contribution in [1.82, 2.24) is 4.98 Å². The highest BCUT2D eigenvalue weighted by Crippen LogP contribution is 2.30. The second-order valence-electron chi connectivity index (χ2n) is 4.02. The van der Waals surface area contributed by atoms with Crippen molar-refractivity contribution >= 4 is 43.2 Å². The molecule has 18 heavy (non-hydrogen) atoms. The summed E-state index contributed by atoms with van der Waals surface area (Å²) in [6.07, 6.45) is 0. The van der Waals surface area contributed by atoms with Crippen LogP contribution in [0.3, 0.4) is 0 Å². The van der Waals surface area contributed by atoms with E-state index in [9.17, 15) is 0 Å². The Morgan fingerprint density at radius 2 is 2.11 bits per heavy atom. The standard InChI is InChI=1S/C13H13Br2NOS/c1-8-3-11(15)4-10(5-14)13(8)17-6-12-16-9(2)7-18-12/h3-4,7H,5-6H2,1-2H3. The Balaban J connectivity index is 2.18. The topological polar surface area (TPSA) is 22.1 Å². The molecule has 5 heteroatoms. The van der Waals surface area contributed by atoms with Gasteiger partial charge in [0.25, 0.3) is 0 Å². The van der Waals surface area contributed by atoms with Gasteiger partial charge in [0, 0.05) is 26.4 Å². The van der Waals surface area contributed by atoms with Gasteiger partial charge in [-0.3, -0.25) is 0 Å². The fraction of sp³-hybridized carbons (Fsp3) is 0.308. The highest BCUT2D eigenvalue weighted by molar-refractivity contribution is 9.10. The van der Waals surface area contributed by atoms with E-state index in [4.69, 9.17) is 4.74 Å². The van der Waals surface area contributed by atoms with Crippen LogP contribution in [0.15, 0.2) is 22.0 Å². The number of rotatable bonds is 4. The molecular formula is C13H13Br2NOS. The van der Waals surface area contributed by atoms with Crippen LogP contribution in [0.25, 0.3) is 0 Å². The number of halogens is 2. The highest BCUT2D eigenvalue weighted by atomic mass is 79.9. The van der Waals surface area contributed by atoms with E-state index in [2.05, 4.69) is 55.9 Å². The minimum Gasteiger partial charge on any atom is -0.486 e. The number of hydrogen-bond acceptors (Lipinski definition) is 3. The van der Waals surface area contributed by atoms with Crippen LogP contribution in [0.2, 0.25) is 0 Å². The first-order valence-electron chi connectivity index (χ1n) is 5.49. The molecule has 0 bridgehead atoms. The van der Waals surface area contributed by atoms with Crippen molar-refractivity contribution in [1.29, 1.82) is 0 Å². The van der Waals surface area contributed by atoms with Gasteiger partial charge in [0.05, 0.1) is 0 Å². The van der Waals surface area contributed by atoms with E-state index in [1.54, 1.807) is 11.3 Å². The second-order valence-corrected chi connectivity index (χ2v) is 6.43. The third kappa shape index (κ3) is 3.33. The monoisotopic (exact) mass is 389 g/mol. The van der Waals surface area contributed by atoms with Crippen molar-refractivity contribution in [2.75, 3.05) is 0 Å². The largest absolute Gasteiger partial charge is 0.486 e. The van der Waals surface area contributed by atoms with Gasteiger partial charge in [0.2, 0.25) is 0 Å². The first-order valence-corrected chi connectivity index (χ1v) is 8.28. The predicted octanol–water partition coefficient (Wildman–Crippen LogP) is 5.00. The summed E-state index contributed by atoms with van der Waals surface area (Å²) < 4.78 is 6.99. The molecule has 1 aromatic carbocycles. The number of ether oxygens (including phenoxy) is 1.